The molecule has 0 spiro atoms. The molecule has 0 radical (unpaired) electrons. The Labute approximate surface area is 108 Å². The molecule has 0 bridgehead atoms. The third-order valence-electron chi connectivity index (χ3n) is 2.75. The number of aliphatic carboxylic acids is 1. The van der Waals surface area contributed by atoms with E-state index in [1.807, 2.05) is 0 Å². The first kappa shape index (κ1) is 12.9. The summed E-state index contributed by atoms with van der Waals surface area (Å²) in [6.07, 6.45) is 1.53. The van der Waals surface area contributed by atoms with Crippen molar-refractivity contribution in [3.8, 4) is 0 Å². The summed E-state index contributed by atoms with van der Waals surface area (Å²) < 4.78 is 6.32. The van der Waals surface area contributed by atoms with Gasteiger partial charge in [0.15, 0.2) is 0 Å². The van der Waals surface area contributed by atoms with E-state index in [4.69, 9.17) is 9.63 Å². The van der Waals surface area contributed by atoms with Gasteiger partial charge in [-0.1, -0.05) is 5.16 Å². The standard InChI is InChI=1S/C12H13N3O4/c1-7-8(2)14-19-12(7)13-11(18)9-4-3-5-15(9)6-10(16)17/h3-5H,6H2,1-2H3,(H,13,18)(H,16,17). The summed E-state index contributed by atoms with van der Waals surface area (Å²) in [5.41, 5.74) is 1.68. The minimum Gasteiger partial charge on any atom is -0.480 e. The zero-order valence-corrected chi connectivity index (χ0v) is 10.5. The number of carboxylic acids is 1. The van der Waals surface area contributed by atoms with E-state index in [1.165, 1.54) is 16.8 Å². The molecule has 7 nitrogen and oxygen atoms in total. The fourth-order valence-corrected chi connectivity index (χ4v) is 1.60. The second kappa shape index (κ2) is 4.97. The largest absolute Gasteiger partial charge is 0.480 e. The van der Waals surface area contributed by atoms with Crippen LogP contribution in [0.15, 0.2) is 22.9 Å². The molecule has 0 saturated carbocycles. The van der Waals surface area contributed by atoms with Crippen LogP contribution in [0.3, 0.4) is 0 Å². The van der Waals surface area contributed by atoms with Gasteiger partial charge in [0.1, 0.15) is 12.2 Å². The number of aryl methyl sites for hydroxylation is 1. The Morgan fingerprint density at radius 1 is 1.47 bits per heavy atom. The lowest BCUT2D eigenvalue weighted by atomic mass is 10.3. The van der Waals surface area contributed by atoms with Gasteiger partial charge in [0, 0.05) is 11.8 Å². The minimum atomic E-state index is -1.02. The number of carbonyl (C=O) groups is 2. The summed E-state index contributed by atoms with van der Waals surface area (Å²) in [7, 11) is 0. The zero-order valence-electron chi connectivity index (χ0n) is 10.5. The Balaban J connectivity index is 2.19. The number of aromatic nitrogens is 2. The molecular formula is C12H13N3O4. The smallest absolute Gasteiger partial charge is 0.323 e. The van der Waals surface area contributed by atoms with Crippen LogP contribution in [0.4, 0.5) is 5.88 Å². The quantitative estimate of drug-likeness (QED) is 0.869. The second-order valence-electron chi connectivity index (χ2n) is 4.09. The molecule has 2 heterocycles. The molecule has 0 aromatic carbocycles. The topological polar surface area (TPSA) is 97.4 Å². The van der Waals surface area contributed by atoms with Crippen molar-refractivity contribution < 1.29 is 19.2 Å². The summed E-state index contributed by atoms with van der Waals surface area (Å²) in [4.78, 5) is 22.7. The van der Waals surface area contributed by atoms with Crippen LogP contribution in [0, 0.1) is 13.8 Å². The number of nitrogens with zero attached hydrogens (tertiary/aromatic N) is 2. The highest BCUT2D eigenvalue weighted by Gasteiger charge is 2.16. The summed E-state index contributed by atoms with van der Waals surface area (Å²) in [6.45, 7) is 3.27. The van der Waals surface area contributed by atoms with E-state index >= 15 is 0 Å². The lowest BCUT2D eigenvalue weighted by Crippen LogP contribution is -2.19. The van der Waals surface area contributed by atoms with Crippen molar-refractivity contribution in [1.29, 1.82) is 0 Å². The number of carboxylic acid groups (broad SMARTS) is 1. The van der Waals surface area contributed by atoms with E-state index in [9.17, 15) is 9.59 Å². The van der Waals surface area contributed by atoms with Crippen LogP contribution in [0.1, 0.15) is 21.7 Å². The van der Waals surface area contributed by atoms with Crippen molar-refractivity contribution >= 4 is 17.8 Å². The van der Waals surface area contributed by atoms with E-state index in [0.29, 0.717) is 5.69 Å². The van der Waals surface area contributed by atoms with Gasteiger partial charge in [-0.25, -0.2) is 0 Å². The number of hydrogen-bond acceptors (Lipinski definition) is 4. The third-order valence-corrected chi connectivity index (χ3v) is 2.75. The SMILES string of the molecule is Cc1noc(NC(=O)c2cccn2CC(=O)O)c1C. The lowest BCUT2D eigenvalue weighted by Gasteiger charge is -2.06. The Morgan fingerprint density at radius 2 is 2.21 bits per heavy atom. The van der Waals surface area contributed by atoms with Gasteiger partial charge in [0.2, 0.25) is 5.88 Å². The molecule has 0 aliphatic heterocycles. The molecule has 2 rings (SSSR count). The minimum absolute atomic E-state index is 0.246. The van der Waals surface area contributed by atoms with Crippen molar-refractivity contribution in [2.75, 3.05) is 5.32 Å². The highest BCUT2D eigenvalue weighted by molar-refractivity contribution is 6.03. The van der Waals surface area contributed by atoms with Gasteiger partial charge in [0.25, 0.3) is 5.91 Å². The fourth-order valence-electron chi connectivity index (χ4n) is 1.60. The predicted molar refractivity (Wildman–Crippen MR) is 66.0 cm³/mol. The monoisotopic (exact) mass is 263 g/mol. The highest BCUT2D eigenvalue weighted by atomic mass is 16.5. The lowest BCUT2D eigenvalue weighted by molar-refractivity contribution is -0.137. The number of hydrogen-bond donors (Lipinski definition) is 2. The predicted octanol–water partition coefficient (Wildman–Crippen LogP) is 1.43. The van der Waals surface area contributed by atoms with Gasteiger partial charge in [0.05, 0.1) is 5.69 Å². The molecule has 100 valence electrons. The average molecular weight is 263 g/mol. The fraction of sp³-hybridized carbons (Fsp3) is 0.250. The molecule has 0 aliphatic carbocycles. The zero-order chi connectivity index (χ0) is 14.0. The molecule has 0 unspecified atom stereocenters. The van der Waals surface area contributed by atoms with Crippen LogP contribution >= 0.6 is 0 Å². The Hall–Kier alpha value is -2.57. The van der Waals surface area contributed by atoms with Gasteiger partial charge in [-0.3, -0.25) is 14.9 Å². The molecule has 7 heteroatoms. The van der Waals surface area contributed by atoms with Crippen LogP contribution in [0.25, 0.3) is 0 Å². The molecule has 0 atom stereocenters. The van der Waals surface area contributed by atoms with Gasteiger partial charge >= 0.3 is 5.97 Å². The molecule has 1 amide bonds. The van der Waals surface area contributed by atoms with Crippen molar-refractivity contribution in [2.24, 2.45) is 0 Å². The highest BCUT2D eigenvalue weighted by Crippen LogP contribution is 2.18. The molecule has 0 saturated heterocycles. The van der Waals surface area contributed by atoms with Crippen molar-refractivity contribution in [3.05, 3.63) is 35.3 Å². The van der Waals surface area contributed by atoms with Crippen LogP contribution < -0.4 is 5.32 Å². The number of rotatable bonds is 4. The first-order chi connectivity index (χ1) is 8.99. The second-order valence-corrected chi connectivity index (χ2v) is 4.09. The van der Waals surface area contributed by atoms with Crippen LogP contribution in [0.5, 0.6) is 0 Å². The maximum absolute atomic E-state index is 12.0. The first-order valence-corrected chi connectivity index (χ1v) is 5.60. The van der Waals surface area contributed by atoms with Crippen LogP contribution in [-0.2, 0) is 11.3 Å². The summed E-state index contributed by atoms with van der Waals surface area (Å²) >= 11 is 0. The van der Waals surface area contributed by atoms with Crippen LogP contribution in [-0.4, -0.2) is 26.7 Å². The summed E-state index contributed by atoms with van der Waals surface area (Å²) in [6, 6.07) is 3.15. The molecule has 19 heavy (non-hydrogen) atoms. The number of amides is 1. The molecule has 0 aliphatic rings. The molecule has 2 aromatic heterocycles. The van der Waals surface area contributed by atoms with E-state index in [1.54, 1.807) is 19.9 Å². The van der Waals surface area contributed by atoms with Crippen LogP contribution in [0.2, 0.25) is 0 Å². The molecule has 0 fully saturated rings. The number of nitrogens with one attached hydrogen (secondary N) is 1. The summed E-state index contributed by atoms with van der Waals surface area (Å²) in [5, 5.41) is 15.0. The molecular weight excluding hydrogens is 250 g/mol. The van der Waals surface area contributed by atoms with E-state index in [0.717, 1.165) is 5.56 Å². The molecule has 2 aromatic rings. The van der Waals surface area contributed by atoms with Crippen molar-refractivity contribution in [3.63, 3.8) is 0 Å². The third kappa shape index (κ3) is 2.65. The van der Waals surface area contributed by atoms with Gasteiger partial charge < -0.3 is 14.2 Å². The average Bonchev–Trinajstić information content (AvgIpc) is 2.90. The maximum Gasteiger partial charge on any atom is 0.323 e. The van der Waals surface area contributed by atoms with Gasteiger partial charge in [-0.2, -0.15) is 0 Å². The maximum atomic E-state index is 12.0. The summed E-state index contributed by atoms with van der Waals surface area (Å²) in [5.74, 6) is -1.19. The van der Waals surface area contributed by atoms with E-state index in [2.05, 4.69) is 10.5 Å². The Bertz CT molecular complexity index is 627. The number of anilines is 1. The first-order valence-electron chi connectivity index (χ1n) is 5.60. The van der Waals surface area contributed by atoms with E-state index < -0.39 is 11.9 Å². The van der Waals surface area contributed by atoms with Gasteiger partial charge in [-0.05, 0) is 26.0 Å². The van der Waals surface area contributed by atoms with Crippen molar-refractivity contribution in [2.45, 2.75) is 20.4 Å². The molecule has 2 N–H and O–H groups in total. The normalized spacial score (nSPS) is 10.4. The van der Waals surface area contributed by atoms with E-state index in [-0.39, 0.29) is 18.1 Å². The Kier molecular flexibility index (Phi) is 3.37. The Morgan fingerprint density at radius 3 is 2.79 bits per heavy atom. The number of carbonyl (C=O) groups excluding carboxylic acids is 1. The van der Waals surface area contributed by atoms with Crippen molar-refractivity contribution in [1.82, 2.24) is 9.72 Å². The van der Waals surface area contributed by atoms with Gasteiger partial charge in [-0.15, -0.1) is 0 Å².